The number of aromatic nitrogens is 2. The van der Waals surface area contributed by atoms with Crippen molar-refractivity contribution in [2.24, 2.45) is 5.73 Å². The fraction of sp³-hybridized carbons (Fsp3) is 0.320. The lowest BCUT2D eigenvalue weighted by molar-refractivity contribution is -0.118. The van der Waals surface area contributed by atoms with Crippen LogP contribution in [0.25, 0.3) is 10.9 Å². The molecule has 35 heavy (non-hydrogen) atoms. The normalized spacial score (nSPS) is 10.8. The maximum Gasteiger partial charge on any atom is 0.262 e. The van der Waals surface area contributed by atoms with Crippen molar-refractivity contribution >= 4 is 46.1 Å². The fourth-order valence-electron chi connectivity index (χ4n) is 3.53. The molecule has 3 rings (SSSR count). The van der Waals surface area contributed by atoms with Crippen molar-refractivity contribution in [1.29, 1.82) is 0 Å². The van der Waals surface area contributed by atoms with Crippen LogP contribution in [0.5, 0.6) is 0 Å². The Balaban J connectivity index is 1.71. The largest absolute Gasteiger partial charge is 0.370 e. The molecular weight excluding hydrogens is 466 g/mol. The zero-order chi connectivity index (χ0) is 25.2. The van der Waals surface area contributed by atoms with Crippen molar-refractivity contribution in [2.75, 3.05) is 17.6 Å². The van der Waals surface area contributed by atoms with Gasteiger partial charge in [0.05, 0.1) is 16.7 Å². The second-order valence-corrected chi connectivity index (χ2v) is 8.86. The molecule has 0 unspecified atom stereocenters. The van der Waals surface area contributed by atoms with Gasteiger partial charge in [0.15, 0.2) is 5.16 Å². The molecule has 0 radical (unpaired) electrons. The molecule has 0 bridgehead atoms. The van der Waals surface area contributed by atoms with Crippen molar-refractivity contribution in [1.82, 2.24) is 14.9 Å². The molecular formula is C25H29N5O4S. The number of benzene rings is 2. The topological polar surface area (TPSA) is 136 Å². The number of para-hydroxylation sites is 1. The van der Waals surface area contributed by atoms with Crippen molar-refractivity contribution < 1.29 is 14.4 Å². The van der Waals surface area contributed by atoms with Crippen molar-refractivity contribution in [3.8, 4) is 0 Å². The lowest BCUT2D eigenvalue weighted by Crippen LogP contribution is -2.24. The zero-order valence-electron chi connectivity index (χ0n) is 19.6. The molecule has 0 fully saturated rings. The molecule has 0 saturated carbocycles. The quantitative estimate of drug-likeness (QED) is 0.201. The smallest absolute Gasteiger partial charge is 0.262 e. The third kappa shape index (κ3) is 7.41. The minimum atomic E-state index is -0.340. The highest BCUT2D eigenvalue weighted by molar-refractivity contribution is 7.99. The summed E-state index contributed by atoms with van der Waals surface area (Å²) in [6.07, 6.45) is 2.40. The number of hydrogen-bond acceptors (Lipinski definition) is 6. The SMILES string of the molecule is CCNC(=O)c1cccc(NC(=O)CSc2nc3ccccc3c(=O)n2CCCCCC(N)=O)c1. The molecule has 0 atom stereocenters. The van der Waals surface area contributed by atoms with Crippen LogP contribution in [0, 0.1) is 0 Å². The van der Waals surface area contributed by atoms with Crippen molar-refractivity contribution in [3.63, 3.8) is 0 Å². The maximum absolute atomic E-state index is 13.1. The van der Waals surface area contributed by atoms with E-state index in [0.29, 0.717) is 59.7 Å². The number of rotatable bonds is 12. The molecule has 9 nitrogen and oxygen atoms in total. The minimum absolute atomic E-state index is 0.0395. The van der Waals surface area contributed by atoms with Crippen LogP contribution in [0.4, 0.5) is 5.69 Å². The van der Waals surface area contributed by atoms with Gasteiger partial charge in [0.1, 0.15) is 0 Å². The molecule has 3 aromatic rings. The second-order valence-electron chi connectivity index (χ2n) is 7.92. The first-order valence-electron chi connectivity index (χ1n) is 11.5. The molecule has 0 aliphatic heterocycles. The number of nitrogens with one attached hydrogen (secondary N) is 2. The van der Waals surface area contributed by atoms with Crippen LogP contribution in [0.1, 0.15) is 43.0 Å². The van der Waals surface area contributed by atoms with E-state index in [0.717, 1.165) is 6.42 Å². The first-order chi connectivity index (χ1) is 16.9. The maximum atomic E-state index is 13.1. The second kappa shape index (κ2) is 12.7. The molecule has 2 aromatic carbocycles. The summed E-state index contributed by atoms with van der Waals surface area (Å²) in [4.78, 5) is 53.3. The van der Waals surface area contributed by atoms with Gasteiger partial charge in [-0.3, -0.25) is 23.7 Å². The monoisotopic (exact) mass is 495 g/mol. The van der Waals surface area contributed by atoms with E-state index in [4.69, 9.17) is 5.73 Å². The van der Waals surface area contributed by atoms with E-state index >= 15 is 0 Å². The van der Waals surface area contributed by atoms with Crippen molar-refractivity contribution in [2.45, 2.75) is 44.3 Å². The molecule has 0 aliphatic carbocycles. The van der Waals surface area contributed by atoms with Gasteiger partial charge in [0.2, 0.25) is 11.8 Å². The highest BCUT2D eigenvalue weighted by Crippen LogP contribution is 2.19. The van der Waals surface area contributed by atoms with Crippen LogP contribution in [0.2, 0.25) is 0 Å². The minimum Gasteiger partial charge on any atom is -0.370 e. The number of fused-ring (bicyclic) bond motifs is 1. The summed E-state index contributed by atoms with van der Waals surface area (Å²) in [6.45, 7) is 2.77. The first-order valence-corrected chi connectivity index (χ1v) is 12.5. The zero-order valence-corrected chi connectivity index (χ0v) is 20.4. The van der Waals surface area contributed by atoms with Gasteiger partial charge in [-0.25, -0.2) is 4.98 Å². The first kappa shape index (κ1) is 26.0. The van der Waals surface area contributed by atoms with Crippen LogP contribution >= 0.6 is 11.8 Å². The average molecular weight is 496 g/mol. The van der Waals surface area contributed by atoms with Crippen LogP contribution in [0.15, 0.2) is 58.5 Å². The summed E-state index contributed by atoms with van der Waals surface area (Å²) in [6, 6.07) is 13.8. The number of anilines is 1. The van der Waals surface area contributed by atoms with E-state index < -0.39 is 0 Å². The highest BCUT2D eigenvalue weighted by Gasteiger charge is 2.14. The number of carbonyl (C=O) groups excluding carboxylic acids is 3. The van der Waals surface area contributed by atoms with Gasteiger partial charge < -0.3 is 16.4 Å². The van der Waals surface area contributed by atoms with E-state index in [9.17, 15) is 19.2 Å². The Morgan fingerprint density at radius 1 is 1.06 bits per heavy atom. The third-order valence-corrected chi connectivity index (χ3v) is 6.19. The Hall–Kier alpha value is -3.66. The van der Waals surface area contributed by atoms with Gasteiger partial charge in [0.25, 0.3) is 11.5 Å². The van der Waals surface area contributed by atoms with E-state index in [1.54, 1.807) is 47.0 Å². The van der Waals surface area contributed by atoms with Crippen molar-refractivity contribution in [3.05, 3.63) is 64.4 Å². The number of primary amides is 1. The lowest BCUT2D eigenvalue weighted by atomic mass is 10.2. The molecule has 10 heteroatoms. The number of unbranched alkanes of at least 4 members (excludes halogenated alkanes) is 2. The fourth-order valence-corrected chi connectivity index (χ4v) is 4.35. The van der Waals surface area contributed by atoms with E-state index in [2.05, 4.69) is 15.6 Å². The average Bonchev–Trinajstić information content (AvgIpc) is 2.84. The Bertz CT molecular complexity index is 1270. The summed E-state index contributed by atoms with van der Waals surface area (Å²) in [7, 11) is 0. The summed E-state index contributed by atoms with van der Waals surface area (Å²) in [5, 5.41) is 6.49. The number of thioether (sulfide) groups is 1. The van der Waals surface area contributed by atoms with Gasteiger partial charge in [0, 0.05) is 30.8 Å². The summed E-state index contributed by atoms with van der Waals surface area (Å²) >= 11 is 1.18. The van der Waals surface area contributed by atoms with E-state index in [1.807, 2.05) is 13.0 Å². The molecule has 3 amide bonds. The van der Waals surface area contributed by atoms with Gasteiger partial charge in [-0.2, -0.15) is 0 Å². The third-order valence-electron chi connectivity index (χ3n) is 5.21. The summed E-state index contributed by atoms with van der Waals surface area (Å²) in [5.74, 6) is -0.789. The number of nitrogens with zero attached hydrogens (tertiary/aromatic N) is 2. The number of nitrogens with two attached hydrogens (primary N) is 1. The van der Waals surface area contributed by atoms with Gasteiger partial charge in [-0.15, -0.1) is 0 Å². The molecule has 1 aromatic heterocycles. The molecule has 0 saturated heterocycles. The Morgan fingerprint density at radius 3 is 2.63 bits per heavy atom. The van der Waals surface area contributed by atoms with Gasteiger partial charge in [-0.05, 0) is 50.1 Å². The van der Waals surface area contributed by atoms with Crippen LogP contribution < -0.4 is 21.9 Å². The van der Waals surface area contributed by atoms with Gasteiger partial charge in [-0.1, -0.05) is 36.4 Å². The van der Waals surface area contributed by atoms with Crippen LogP contribution in [0.3, 0.4) is 0 Å². The van der Waals surface area contributed by atoms with E-state index in [-0.39, 0.29) is 29.0 Å². The van der Waals surface area contributed by atoms with Gasteiger partial charge >= 0.3 is 0 Å². The lowest BCUT2D eigenvalue weighted by Gasteiger charge is -2.13. The predicted molar refractivity (Wildman–Crippen MR) is 137 cm³/mol. The summed E-state index contributed by atoms with van der Waals surface area (Å²) < 4.78 is 1.58. The number of amides is 3. The molecule has 1 heterocycles. The Morgan fingerprint density at radius 2 is 1.86 bits per heavy atom. The standard InChI is InChI=1S/C25H29N5O4S/c1-2-27-23(33)17-9-8-10-18(15-17)28-22(32)16-35-25-29-20-12-6-5-11-19(20)24(34)30(25)14-7-3-4-13-21(26)31/h5-6,8-12,15H,2-4,7,13-14,16H2,1H3,(H2,26,31)(H,27,33)(H,28,32). The number of carbonyl (C=O) groups is 3. The molecule has 184 valence electrons. The Labute approximate surface area is 207 Å². The highest BCUT2D eigenvalue weighted by atomic mass is 32.2. The van der Waals surface area contributed by atoms with E-state index in [1.165, 1.54) is 11.8 Å². The van der Waals surface area contributed by atoms with Crippen LogP contribution in [-0.4, -0.2) is 39.6 Å². The summed E-state index contributed by atoms with van der Waals surface area (Å²) in [5.41, 5.74) is 6.57. The van der Waals surface area contributed by atoms with Crippen LogP contribution in [-0.2, 0) is 16.1 Å². The molecule has 4 N–H and O–H groups in total. The number of hydrogen-bond donors (Lipinski definition) is 3. The Kier molecular flexibility index (Phi) is 9.42. The predicted octanol–water partition coefficient (Wildman–Crippen LogP) is 2.92. The molecule has 0 spiro atoms. The molecule has 0 aliphatic rings.